The molecule has 102 valence electrons. The maximum atomic E-state index is 6.16. The molecule has 0 saturated carbocycles. The molecule has 0 radical (unpaired) electrons. The molecule has 1 aliphatic heterocycles. The van der Waals surface area contributed by atoms with E-state index in [0.717, 1.165) is 16.8 Å². The van der Waals surface area contributed by atoms with Crippen molar-refractivity contribution in [1.29, 1.82) is 0 Å². The fourth-order valence-electron chi connectivity index (χ4n) is 2.51. The highest BCUT2D eigenvalue weighted by Gasteiger charge is 2.22. The Labute approximate surface area is 118 Å². The highest BCUT2D eigenvalue weighted by atomic mass is 15.3. The van der Waals surface area contributed by atoms with Gasteiger partial charge in [-0.2, -0.15) is 0 Å². The first-order chi connectivity index (χ1) is 9.58. The Morgan fingerprint density at radius 2 is 1.90 bits per heavy atom. The molecule has 0 aliphatic carbocycles. The summed E-state index contributed by atoms with van der Waals surface area (Å²) in [6.07, 6.45) is -0.242. The second kappa shape index (κ2) is 4.65. The van der Waals surface area contributed by atoms with E-state index in [1.807, 2.05) is 25.2 Å². The van der Waals surface area contributed by atoms with E-state index in [1.165, 1.54) is 11.1 Å². The summed E-state index contributed by atoms with van der Waals surface area (Å²) in [5.74, 6) is 0.451. The van der Waals surface area contributed by atoms with Gasteiger partial charge in [-0.15, -0.1) is 0 Å². The first-order valence-electron chi connectivity index (χ1n) is 6.60. The second-order valence-corrected chi connectivity index (χ2v) is 5.11. The molecular weight excluding hydrogens is 248 g/mol. The van der Waals surface area contributed by atoms with Crippen LogP contribution in [0.15, 0.2) is 47.5 Å². The third-order valence-corrected chi connectivity index (χ3v) is 3.82. The molecule has 0 spiro atoms. The predicted molar refractivity (Wildman–Crippen MR) is 82.6 cm³/mol. The first kappa shape index (κ1) is 12.7. The quantitative estimate of drug-likeness (QED) is 0.833. The van der Waals surface area contributed by atoms with Crippen LogP contribution in [0.5, 0.6) is 0 Å². The molecule has 0 fully saturated rings. The summed E-state index contributed by atoms with van der Waals surface area (Å²) >= 11 is 0. The minimum atomic E-state index is -0.242. The van der Waals surface area contributed by atoms with Gasteiger partial charge >= 0.3 is 0 Å². The molecule has 0 saturated heterocycles. The first-order valence-corrected chi connectivity index (χ1v) is 6.60. The van der Waals surface area contributed by atoms with Gasteiger partial charge in [0.15, 0.2) is 5.96 Å². The van der Waals surface area contributed by atoms with Gasteiger partial charge in [0, 0.05) is 12.6 Å². The van der Waals surface area contributed by atoms with E-state index < -0.39 is 0 Å². The number of rotatable bonds is 1. The van der Waals surface area contributed by atoms with Gasteiger partial charge in [-0.25, -0.2) is 4.99 Å². The summed E-state index contributed by atoms with van der Waals surface area (Å²) in [6, 6.07) is 14.5. The molecule has 4 heteroatoms. The monoisotopic (exact) mass is 266 g/mol. The van der Waals surface area contributed by atoms with E-state index >= 15 is 0 Å². The zero-order valence-electron chi connectivity index (χ0n) is 11.7. The van der Waals surface area contributed by atoms with Crippen molar-refractivity contribution < 1.29 is 0 Å². The standard InChI is InChI=1S/C16H18N4/c1-10-5-3-4-6-12(10)11-7-8-13-14(9-11)19-16(18)20(2)15(13)17/h3-9,15H,17H2,1-2H3,(H2,18,19). The van der Waals surface area contributed by atoms with Crippen LogP contribution in [0, 0.1) is 6.92 Å². The lowest BCUT2D eigenvalue weighted by Crippen LogP contribution is -2.42. The van der Waals surface area contributed by atoms with Crippen molar-refractivity contribution in [2.45, 2.75) is 13.1 Å². The summed E-state index contributed by atoms with van der Waals surface area (Å²) in [4.78, 5) is 6.21. The van der Waals surface area contributed by atoms with Crippen LogP contribution in [0.3, 0.4) is 0 Å². The summed E-state index contributed by atoms with van der Waals surface area (Å²) in [7, 11) is 1.85. The van der Waals surface area contributed by atoms with Crippen molar-refractivity contribution in [3.8, 4) is 11.1 Å². The van der Waals surface area contributed by atoms with E-state index in [4.69, 9.17) is 11.5 Å². The summed E-state index contributed by atoms with van der Waals surface area (Å²) in [5, 5.41) is 0. The number of nitrogens with two attached hydrogens (primary N) is 2. The van der Waals surface area contributed by atoms with Crippen molar-refractivity contribution in [3.05, 3.63) is 53.6 Å². The average Bonchev–Trinajstić information content (AvgIpc) is 2.45. The number of aryl methyl sites for hydroxylation is 1. The van der Waals surface area contributed by atoms with E-state index in [0.29, 0.717) is 5.96 Å². The molecule has 1 atom stereocenters. The molecule has 1 heterocycles. The van der Waals surface area contributed by atoms with Gasteiger partial charge in [-0.1, -0.05) is 36.4 Å². The van der Waals surface area contributed by atoms with Crippen molar-refractivity contribution in [1.82, 2.24) is 4.90 Å². The average molecular weight is 266 g/mol. The number of nitrogens with zero attached hydrogens (tertiary/aromatic N) is 2. The van der Waals surface area contributed by atoms with Gasteiger partial charge in [-0.05, 0) is 29.7 Å². The van der Waals surface area contributed by atoms with Crippen LogP contribution in [-0.2, 0) is 0 Å². The van der Waals surface area contributed by atoms with Gasteiger partial charge in [0.05, 0.1) is 5.69 Å². The molecule has 2 aromatic rings. The minimum absolute atomic E-state index is 0.242. The van der Waals surface area contributed by atoms with Crippen LogP contribution in [0.25, 0.3) is 11.1 Å². The van der Waals surface area contributed by atoms with Gasteiger partial charge in [0.2, 0.25) is 0 Å². The Hall–Kier alpha value is -2.33. The van der Waals surface area contributed by atoms with E-state index in [9.17, 15) is 0 Å². The Bertz CT molecular complexity index is 691. The number of hydrogen-bond donors (Lipinski definition) is 2. The summed E-state index contributed by atoms with van der Waals surface area (Å²) < 4.78 is 0. The number of benzene rings is 2. The van der Waals surface area contributed by atoms with Crippen LogP contribution in [-0.4, -0.2) is 17.9 Å². The largest absolute Gasteiger partial charge is 0.369 e. The Kier molecular flexibility index (Phi) is 2.95. The normalized spacial score (nSPS) is 17.6. The molecule has 1 unspecified atom stereocenters. The fourth-order valence-corrected chi connectivity index (χ4v) is 2.51. The molecule has 0 bridgehead atoms. The summed E-state index contributed by atoms with van der Waals surface area (Å²) in [6.45, 7) is 2.10. The molecule has 3 rings (SSSR count). The van der Waals surface area contributed by atoms with Gasteiger partial charge < -0.3 is 16.4 Å². The predicted octanol–water partition coefficient (Wildman–Crippen LogP) is 2.51. The Morgan fingerprint density at radius 3 is 2.65 bits per heavy atom. The lowest BCUT2D eigenvalue weighted by molar-refractivity contribution is 0.375. The smallest absolute Gasteiger partial charge is 0.197 e. The highest BCUT2D eigenvalue weighted by molar-refractivity contribution is 5.85. The maximum Gasteiger partial charge on any atom is 0.197 e. The maximum absolute atomic E-state index is 6.16. The van der Waals surface area contributed by atoms with Crippen molar-refractivity contribution in [2.75, 3.05) is 7.05 Å². The molecule has 4 nitrogen and oxygen atoms in total. The van der Waals surface area contributed by atoms with E-state index in [1.54, 1.807) is 4.90 Å². The lowest BCUT2D eigenvalue weighted by Gasteiger charge is -2.31. The van der Waals surface area contributed by atoms with Crippen LogP contribution >= 0.6 is 0 Å². The van der Waals surface area contributed by atoms with Gasteiger partial charge in [0.1, 0.15) is 6.17 Å². The fraction of sp³-hybridized carbons (Fsp3) is 0.188. The number of guanidine groups is 1. The van der Waals surface area contributed by atoms with Crippen LogP contribution in [0.1, 0.15) is 17.3 Å². The molecule has 20 heavy (non-hydrogen) atoms. The minimum Gasteiger partial charge on any atom is -0.369 e. The van der Waals surface area contributed by atoms with Crippen molar-refractivity contribution in [2.24, 2.45) is 16.5 Å². The number of fused-ring (bicyclic) bond motifs is 1. The lowest BCUT2D eigenvalue weighted by atomic mass is 9.97. The Morgan fingerprint density at radius 1 is 1.15 bits per heavy atom. The number of hydrogen-bond acceptors (Lipinski definition) is 4. The third kappa shape index (κ3) is 1.94. The van der Waals surface area contributed by atoms with E-state index in [2.05, 4.69) is 36.2 Å². The van der Waals surface area contributed by atoms with Gasteiger partial charge in [-0.3, -0.25) is 0 Å². The van der Waals surface area contributed by atoms with Crippen molar-refractivity contribution in [3.63, 3.8) is 0 Å². The summed E-state index contributed by atoms with van der Waals surface area (Å²) in [5.41, 5.74) is 17.5. The van der Waals surface area contributed by atoms with Crippen LogP contribution in [0.2, 0.25) is 0 Å². The molecule has 0 amide bonds. The van der Waals surface area contributed by atoms with Crippen molar-refractivity contribution >= 4 is 11.6 Å². The molecule has 4 N–H and O–H groups in total. The Balaban J connectivity index is 2.13. The van der Waals surface area contributed by atoms with Crippen LogP contribution in [0.4, 0.5) is 5.69 Å². The van der Waals surface area contributed by atoms with Crippen LogP contribution < -0.4 is 11.5 Å². The zero-order valence-corrected chi connectivity index (χ0v) is 11.7. The molecule has 1 aliphatic rings. The molecule has 2 aromatic carbocycles. The van der Waals surface area contributed by atoms with E-state index in [-0.39, 0.29) is 6.17 Å². The second-order valence-electron chi connectivity index (χ2n) is 5.11. The molecule has 0 aromatic heterocycles. The molecular formula is C16H18N4. The number of aliphatic imine (C=N–C) groups is 1. The third-order valence-electron chi connectivity index (χ3n) is 3.82. The highest BCUT2D eigenvalue weighted by Crippen LogP contribution is 2.34. The van der Waals surface area contributed by atoms with Gasteiger partial charge in [0.25, 0.3) is 0 Å². The SMILES string of the molecule is Cc1ccccc1-c1ccc2c(c1)N=C(N)N(C)C2N. The zero-order chi connectivity index (χ0) is 14.3. The topological polar surface area (TPSA) is 67.6 Å².